The van der Waals surface area contributed by atoms with Crippen LogP contribution in [0.15, 0.2) is 133 Å². The minimum Gasteiger partial charge on any atom is -0.310 e. The molecular formula is C32H27N. The van der Waals surface area contributed by atoms with Gasteiger partial charge in [0.1, 0.15) is 0 Å². The molecule has 5 aromatic carbocycles. The maximum absolute atomic E-state index is 2.34. The van der Waals surface area contributed by atoms with Gasteiger partial charge in [-0.3, -0.25) is 0 Å². The molecule has 1 nitrogen and oxygen atoms in total. The third-order valence-corrected chi connectivity index (χ3v) is 6.08. The molecule has 0 N–H and O–H groups in total. The van der Waals surface area contributed by atoms with Crippen LogP contribution >= 0.6 is 0 Å². The molecule has 0 aromatic heterocycles. The minimum absolute atomic E-state index is 0.927. The largest absolute Gasteiger partial charge is 0.310 e. The summed E-state index contributed by atoms with van der Waals surface area (Å²) in [6, 6.07) is 47.5. The first kappa shape index (κ1) is 20.8. The summed E-state index contributed by atoms with van der Waals surface area (Å²) in [5.41, 5.74) is 9.92. The summed E-state index contributed by atoms with van der Waals surface area (Å²) in [6.07, 6.45) is 0.927. The molecule has 0 amide bonds. The maximum atomic E-state index is 2.34. The molecule has 0 atom stereocenters. The van der Waals surface area contributed by atoms with Crippen molar-refractivity contribution in [1.29, 1.82) is 0 Å². The van der Waals surface area contributed by atoms with Crippen molar-refractivity contribution in [2.45, 2.75) is 13.3 Å². The van der Waals surface area contributed by atoms with Gasteiger partial charge in [0.25, 0.3) is 0 Å². The van der Waals surface area contributed by atoms with Gasteiger partial charge in [-0.15, -0.1) is 0 Å². The van der Waals surface area contributed by atoms with Crippen LogP contribution in [0.25, 0.3) is 11.1 Å². The number of hydrogen-bond donors (Lipinski definition) is 0. The van der Waals surface area contributed by atoms with Gasteiger partial charge in [0, 0.05) is 17.1 Å². The molecule has 1 heteroatoms. The highest BCUT2D eigenvalue weighted by atomic mass is 15.1. The zero-order valence-corrected chi connectivity index (χ0v) is 18.9. The lowest BCUT2D eigenvalue weighted by molar-refractivity contribution is 1.14. The first-order valence-electron chi connectivity index (χ1n) is 11.4. The molecule has 0 aliphatic carbocycles. The molecule has 5 aromatic rings. The number of anilines is 3. The Morgan fingerprint density at radius 3 is 1.67 bits per heavy atom. The maximum Gasteiger partial charge on any atom is 0.0464 e. The second-order valence-electron chi connectivity index (χ2n) is 8.36. The van der Waals surface area contributed by atoms with Gasteiger partial charge in [-0.2, -0.15) is 0 Å². The average Bonchev–Trinajstić information content (AvgIpc) is 2.88. The van der Waals surface area contributed by atoms with Crippen molar-refractivity contribution in [3.8, 4) is 11.1 Å². The van der Waals surface area contributed by atoms with Crippen LogP contribution in [0.3, 0.4) is 0 Å². The monoisotopic (exact) mass is 425 g/mol. The van der Waals surface area contributed by atoms with E-state index in [1.54, 1.807) is 0 Å². The molecule has 0 aliphatic heterocycles. The highest BCUT2D eigenvalue weighted by molar-refractivity contribution is 5.78. The van der Waals surface area contributed by atoms with Gasteiger partial charge in [-0.1, -0.05) is 97.1 Å². The van der Waals surface area contributed by atoms with Crippen molar-refractivity contribution < 1.29 is 0 Å². The minimum atomic E-state index is 0.927. The van der Waals surface area contributed by atoms with Crippen LogP contribution < -0.4 is 4.90 Å². The van der Waals surface area contributed by atoms with Crippen LogP contribution in [0, 0.1) is 6.92 Å². The molecule has 0 fully saturated rings. The number of para-hydroxylation sites is 1. The molecule has 0 bridgehead atoms. The topological polar surface area (TPSA) is 3.24 Å². The van der Waals surface area contributed by atoms with E-state index < -0.39 is 0 Å². The molecule has 0 heterocycles. The van der Waals surface area contributed by atoms with E-state index in [9.17, 15) is 0 Å². The average molecular weight is 426 g/mol. The number of nitrogens with zero attached hydrogens (tertiary/aromatic N) is 1. The van der Waals surface area contributed by atoms with Gasteiger partial charge in [0.2, 0.25) is 0 Å². The number of benzene rings is 5. The van der Waals surface area contributed by atoms with E-state index in [2.05, 4.69) is 145 Å². The molecule has 0 saturated carbocycles. The second-order valence-corrected chi connectivity index (χ2v) is 8.36. The molecule has 0 unspecified atom stereocenters. The predicted molar refractivity (Wildman–Crippen MR) is 141 cm³/mol. The Labute approximate surface area is 196 Å². The highest BCUT2D eigenvalue weighted by Gasteiger charge is 2.14. The Morgan fingerprint density at radius 1 is 0.485 bits per heavy atom. The van der Waals surface area contributed by atoms with Crippen molar-refractivity contribution in [3.05, 3.63) is 150 Å². The summed E-state index contributed by atoms with van der Waals surface area (Å²) in [7, 11) is 0. The van der Waals surface area contributed by atoms with E-state index >= 15 is 0 Å². The number of rotatable bonds is 6. The quantitative estimate of drug-likeness (QED) is 0.263. The van der Waals surface area contributed by atoms with E-state index in [0.717, 1.165) is 17.8 Å². The lowest BCUT2D eigenvalue weighted by Gasteiger charge is -2.26. The number of hydrogen-bond acceptors (Lipinski definition) is 1. The Morgan fingerprint density at radius 2 is 1.00 bits per heavy atom. The standard InChI is InChI=1S/C32H27N/c1-25-17-20-32(24-29(25)23-26-11-5-2-6-12-26)33(30-15-9-4-10-16-30)31-21-18-28(19-22-31)27-13-7-3-8-14-27/h2-22,24H,23H2,1H3. The fourth-order valence-electron chi connectivity index (χ4n) is 4.26. The summed E-state index contributed by atoms with van der Waals surface area (Å²) in [5, 5.41) is 0. The normalized spacial score (nSPS) is 10.7. The second kappa shape index (κ2) is 9.58. The highest BCUT2D eigenvalue weighted by Crippen LogP contribution is 2.36. The summed E-state index contributed by atoms with van der Waals surface area (Å²) in [6.45, 7) is 2.20. The molecule has 0 saturated heterocycles. The van der Waals surface area contributed by atoms with Crippen LogP contribution in [0.2, 0.25) is 0 Å². The summed E-state index contributed by atoms with van der Waals surface area (Å²) in [5.74, 6) is 0. The summed E-state index contributed by atoms with van der Waals surface area (Å²) >= 11 is 0. The first-order chi connectivity index (χ1) is 16.3. The summed E-state index contributed by atoms with van der Waals surface area (Å²) < 4.78 is 0. The molecule has 0 aliphatic rings. The van der Waals surface area contributed by atoms with Crippen molar-refractivity contribution in [3.63, 3.8) is 0 Å². The zero-order valence-electron chi connectivity index (χ0n) is 18.9. The molecule has 0 radical (unpaired) electrons. The van der Waals surface area contributed by atoms with Crippen molar-refractivity contribution in [1.82, 2.24) is 0 Å². The molecular weight excluding hydrogens is 398 g/mol. The smallest absolute Gasteiger partial charge is 0.0464 e. The first-order valence-corrected chi connectivity index (χ1v) is 11.4. The van der Waals surface area contributed by atoms with Gasteiger partial charge in [-0.05, 0) is 77.6 Å². The van der Waals surface area contributed by atoms with E-state index in [4.69, 9.17) is 0 Å². The van der Waals surface area contributed by atoms with Crippen molar-refractivity contribution >= 4 is 17.1 Å². The summed E-state index contributed by atoms with van der Waals surface area (Å²) in [4.78, 5) is 2.34. The predicted octanol–water partition coefficient (Wildman–Crippen LogP) is 8.72. The fourth-order valence-corrected chi connectivity index (χ4v) is 4.26. The Hall–Kier alpha value is -4.10. The van der Waals surface area contributed by atoms with Gasteiger partial charge in [-0.25, -0.2) is 0 Å². The van der Waals surface area contributed by atoms with Crippen LogP contribution in [0.5, 0.6) is 0 Å². The SMILES string of the molecule is Cc1ccc(N(c2ccccc2)c2ccc(-c3ccccc3)cc2)cc1Cc1ccccc1. The Bertz CT molecular complexity index is 1310. The van der Waals surface area contributed by atoms with E-state index in [1.807, 2.05) is 0 Å². The Balaban J connectivity index is 1.55. The van der Waals surface area contributed by atoms with Gasteiger partial charge in [0.05, 0.1) is 0 Å². The van der Waals surface area contributed by atoms with Crippen molar-refractivity contribution in [2.75, 3.05) is 4.90 Å². The lowest BCUT2D eigenvalue weighted by atomic mass is 9.99. The van der Waals surface area contributed by atoms with Crippen LogP contribution in [-0.2, 0) is 6.42 Å². The van der Waals surface area contributed by atoms with E-state index in [0.29, 0.717) is 0 Å². The van der Waals surface area contributed by atoms with Gasteiger partial charge < -0.3 is 4.90 Å². The zero-order chi connectivity index (χ0) is 22.5. The molecule has 160 valence electrons. The Kier molecular flexibility index (Phi) is 6.04. The van der Waals surface area contributed by atoms with Crippen LogP contribution in [0.4, 0.5) is 17.1 Å². The lowest BCUT2D eigenvalue weighted by Crippen LogP contribution is -2.10. The van der Waals surface area contributed by atoms with Crippen molar-refractivity contribution in [2.24, 2.45) is 0 Å². The van der Waals surface area contributed by atoms with Gasteiger partial charge in [0.15, 0.2) is 0 Å². The molecule has 33 heavy (non-hydrogen) atoms. The van der Waals surface area contributed by atoms with E-state index in [-0.39, 0.29) is 0 Å². The fraction of sp³-hybridized carbons (Fsp3) is 0.0625. The third-order valence-electron chi connectivity index (χ3n) is 6.08. The van der Waals surface area contributed by atoms with Crippen LogP contribution in [-0.4, -0.2) is 0 Å². The van der Waals surface area contributed by atoms with Gasteiger partial charge >= 0.3 is 0 Å². The third kappa shape index (κ3) is 4.73. The van der Waals surface area contributed by atoms with Crippen LogP contribution in [0.1, 0.15) is 16.7 Å². The van der Waals surface area contributed by atoms with E-state index in [1.165, 1.54) is 33.5 Å². The molecule has 0 spiro atoms. The molecule has 5 rings (SSSR count). The number of aryl methyl sites for hydroxylation is 1.